The Morgan fingerprint density at radius 3 is 2.21 bits per heavy atom. The van der Waals surface area contributed by atoms with Crippen LogP contribution in [0.1, 0.15) is 70.6 Å². The van der Waals surface area contributed by atoms with Gasteiger partial charge in [-0.05, 0) is 30.7 Å². The molecule has 0 atom stereocenters. The van der Waals surface area contributed by atoms with Gasteiger partial charge in [-0.2, -0.15) is 4.98 Å². The summed E-state index contributed by atoms with van der Waals surface area (Å²) in [6, 6.07) is 8.24. The van der Waals surface area contributed by atoms with Crippen LogP contribution in [0.3, 0.4) is 0 Å². The van der Waals surface area contributed by atoms with Gasteiger partial charge in [-0.25, -0.2) is 9.13 Å². The summed E-state index contributed by atoms with van der Waals surface area (Å²) in [5.41, 5.74) is 2.10. The van der Waals surface area contributed by atoms with E-state index in [1.165, 1.54) is 51.4 Å². The van der Waals surface area contributed by atoms with Gasteiger partial charge in [-0.15, -0.1) is 0 Å². The maximum absolute atomic E-state index is 5.44. The minimum absolute atomic E-state index is 0. The minimum Gasteiger partial charge on any atom is -1.00 e. The molecule has 3 aromatic rings. The highest BCUT2D eigenvalue weighted by molar-refractivity contribution is 5.56. The number of aryl methyl sites for hydroxylation is 2. The Morgan fingerprint density at radius 2 is 1.59 bits per heavy atom. The molecule has 158 valence electrons. The molecule has 0 aliphatic heterocycles. The molecule has 0 unspecified atom stereocenters. The molecule has 0 amide bonds. The number of benzene rings is 1. The zero-order valence-electron chi connectivity index (χ0n) is 17.7. The molecule has 0 radical (unpaired) electrons. The molecule has 2 heterocycles. The fourth-order valence-electron chi connectivity index (χ4n) is 3.45. The molecular formula is C23H33IN4O. The van der Waals surface area contributed by atoms with Crippen molar-refractivity contribution in [3.63, 3.8) is 0 Å². The summed E-state index contributed by atoms with van der Waals surface area (Å²) in [6.07, 6.45) is 18.9. The third-order valence-corrected chi connectivity index (χ3v) is 5.15. The number of imidazole rings is 1. The first-order valence-corrected chi connectivity index (χ1v) is 10.7. The van der Waals surface area contributed by atoms with Gasteiger partial charge in [0.05, 0.1) is 7.05 Å². The Kier molecular flexibility index (Phi) is 10.4. The van der Waals surface area contributed by atoms with Crippen LogP contribution in [0.4, 0.5) is 0 Å². The molecular weight excluding hydrogens is 475 g/mol. The van der Waals surface area contributed by atoms with Gasteiger partial charge >= 0.3 is 0 Å². The van der Waals surface area contributed by atoms with E-state index in [4.69, 9.17) is 4.52 Å². The van der Waals surface area contributed by atoms with Crippen molar-refractivity contribution < 1.29 is 33.1 Å². The summed E-state index contributed by atoms with van der Waals surface area (Å²) >= 11 is 0. The van der Waals surface area contributed by atoms with Crippen molar-refractivity contribution in [3.05, 3.63) is 48.9 Å². The van der Waals surface area contributed by atoms with E-state index in [2.05, 4.69) is 33.8 Å². The second-order valence-electron chi connectivity index (χ2n) is 7.62. The number of rotatable bonds is 12. The first-order valence-electron chi connectivity index (χ1n) is 10.7. The lowest BCUT2D eigenvalue weighted by molar-refractivity contribution is -0.670. The summed E-state index contributed by atoms with van der Waals surface area (Å²) in [4.78, 5) is 4.57. The average Bonchev–Trinajstić information content (AvgIpc) is 3.36. The standard InChI is InChI=1S/C23H33N4O.HI/c1-3-4-5-6-7-8-9-10-11-12-22-24-23(25-28-22)20-13-15-21(16-14-20)27-18-17-26(2)19-27;/h13-19H,3-12H2,1-2H3;1H/q+1;/p-1. The van der Waals surface area contributed by atoms with Gasteiger partial charge in [0.1, 0.15) is 18.1 Å². The lowest BCUT2D eigenvalue weighted by Gasteiger charge is -2.00. The van der Waals surface area contributed by atoms with Gasteiger partial charge in [-0.3, -0.25) is 0 Å². The fraction of sp³-hybridized carbons (Fsp3) is 0.522. The molecule has 5 nitrogen and oxygen atoms in total. The predicted molar refractivity (Wildman–Crippen MR) is 111 cm³/mol. The van der Waals surface area contributed by atoms with Crippen molar-refractivity contribution >= 4 is 0 Å². The molecule has 1 aromatic carbocycles. The highest BCUT2D eigenvalue weighted by Crippen LogP contribution is 2.19. The van der Waals surface area contributed by atoms with Gasteiger partial charge in [0, 0.05) is 12.0 Å². The molecule has 0 spiro atoms. The Hall–Kier alpha value is -1.70. The molecule has 0 N–H and O–H groups in total. The monoisotopic (exact) mass is 508 g/mol. The van der Waals surface area contributed by atoms with Crippen LogP contribution < -0.4 is 28.5 Å². The number of nitrogens with zero attached hydrogens (tertiary/aromatic N) is 4. The van der Waals surface area contributed by atoms with Crippen molar-refractivity contribution in [1.29, 1.82) is 0 Å². The smallest absolute Gasteiger partial charge is 0.248 e. The van der Waals surface area contributed by atoms with Crippen LogP contribution in [0, 0.1) is 0 Å². The van der Waals surface area contributed by atoms with Crippen LogP contribution in [0.5, 0.6) is 0 Å². The van der Waals surface area contributed by atoms with Crippen molar-refractivity contribution in [2.24, 2.45) is 7.05 Å². The highest BCUT2D eigenvalue weighted by Gasteiger charge is 2.10. The van der Waals surface area contributed by atoms with Crippen molar-refractivity contribution in [3.8, 4) is 17.1 Å². The summed E-state index contributed by atoms with van der Waals surface area (Å²) in [5, 5.41) is 4.15. The van der Waals surface area contributed by atoms with E-state index in [1.807, 2.05) is 42.5 Å². The SMILES string of the molecule is CCCCCCCCCCCc1nc(-c2ccc(-n3cc[n+](C)c3)cc2)no1.[I-]. The lowest BCUT2D eigenvalue weighted by atomic mass is 10.1. The Labute approximate surface area is 191 Å². The van der Waals surface area contributed by atoms with E-state index in [-0.39, 0.29) is 24.0 Å². The first kappa shape index (κ1) is 23.6. The highest BCUT2D eigenvalue weighted by atomic mass is 127. The molecule has 0 bridgehead atoms. The summed E-state index contributed by atoms with van der Waals surface area (Å²) in [6.45, 7) is 2.27. The molecule has 0 aliphatic rings. The summed E-state index contributed by atoms with van der Waals surface area (Å²) < 4.78 is 9.54. The second-order valence-corrected chi connectivity index (χ2v) is 7.62. The number of unbranched alkanes of at least 4 members (excludes halogenated alkanes) is 8. The van der Waals surface area contributed by atoms with Crippen LogP contribution in [-0.2, 0) is 13.5 Å². The van der Waals surface area contributed by atoms with Crippen molar-refractivity contribution in [2.45, 2.75) is 71.1 Å². The third-order valence-electron chi connectivity index (χ3n) is 5.15. The fourth-order valence-corrected chi connectivity index (χ4v) is 3.45. The molecule has 6 heteroatoms. The van der Waals surface area contributed by atoms with Crippen LogP contribution in [0.15, 0.2) is 47.5 Å². The first-order chi connectivity index (χ1) is 13.8. The quantitative estimate of drug-likeness (QED) is 0.215. The molecule has 0 aliphatic carbocycles. The van der Waals surface area contributed by atoms with Gasteiger partial charge in [-0.1, -0.05) is 63.4 Å². The van der Waals surface area contributed by atoms with E-state index >= 15 is 0 Å². The number of hydrogen-bond donors (Lipinski definition) is 0. The Morgan fingerprint density at radius 1 is 0.931 bits per heavy atom. The van der Waals surface area contributed by atoms with Crippen molar-refractivity contribution in [2.75, 3.05) is 0 Å². The maximum atomic E-state index is 5.44. The second kappa shape index (κ2) is 12.8. The predicted octanol–water partition coefficient (Wildman–Crippen LogP) is 2.43. The van der Waals surface area contributed by atoms with Gasteiger partial charge in [0.2, 0.25) is 18.0 Å². The Balaban J connectivity index is 0.00000300. The zero-order valence-corrected chi connectivity index (χ0v) is 19.8. The van der Waals surface area contributed by atoms with Crippen LogP contribution in [0.25, 0.3) is 17.1 Å². The van der Waals surface area contributed by atoms with Gasteiger partial charge in [0.15, 0.2) is 0 Å². The maximum Gasteiger partial charge on any atom is 0.248 e. The van der Waals surface area contributed by atoms with Gasteiger partial charge < -0.3 is 28.5 Å². The van der Waals surface area contributed by atoms with E-state index in [0.717, 1.165) is 30.0 Å². The molecule has 3 rings (SSSR count). The van der Waals surface area contributed by atoms with Crippen molar-refractivity contribution in [1.82, 2.24) is 14.7 Å². The molecule has 29 heavy (non-hydrogen) atoms. The van der Waals surface area contributed by atoms with E-state index in [1.54, 1.807) is 0 Å². The van der Waals surface area contributed by atoms with Crippen LogP contribution in [-0.4, -0.2) is 14.7 Å². The minimum atomic E-state index is 0. The van der Waals surface area contributed by atoms with E-state index < -0.39 is 0 Å². The molecule has 0 saturated heterocycles. The van der Waals surface area contributed by atoms with Gasteiger partial charge in [0.25, 0.3) is 0 Å². The normalized spacial score (nSPS) is 10.8. The molecule has 0 fully saturated rings. The topological polar surface area (TPSA) is 47.7 Å². The third kappa shape index (κ3) is 7.57. The largest absolute Gasteiger partial charge is 1.00 e. The van der Waals surface area contributed by atoms with E-state index in [9.17, 15) is 0 Å². The molecule has 0 saturated carbocycles. The lowest BCUT2D eigenvalue weighted by Crippen LogP contribution is -3.00. The Bertz CT molecular complexity index is 826. The molecule has 2 aromatic heterocycles. The van der Waals surface area contributed by atoms with E-state index in [0.29, 0.717) is 5.82 Å². The number of hydrogen-bond acceptors (Lipinski definition) is 3. The number of aromatic nitrogens is 4. The van der Waals surface area contributed by atoms with Crippen LogP contribution >= 0.6 is 0 Å². The number of halogens is 1. The zero-order chi connectivity index (χ0) is 19.6. The van der Waals surface area contributed by atoms with Crippen LogP contribution in [0.2, 0.25) is 0 Å². The summed E-state index contributed by atoms with van der Waals surface area (Å²) in [5.74, 6) is 1.43. The average molecular weight is 508 g/mol. The summed E-state index contributed by atoms with van der Waals surface area (Å²) in [7, 11) is 2.01.